The van der Waals surface area contributed by atoms with Gasteiger partial charge in [0.05, 0.1) is 6.54 Å². The van der Waals surface area contributed by atoms with Crippen LogP contribution in [0.3, 0.4) is 0 Å². The van der Waals surface area contributed by atoms with Gasteiger partial charge in [0.1, 0.15) is 5.78 Å². The van der Waals surface area contributed by atoms with Gasteiger partial charge in [-0.1, -0.05) is 0 Å². The molecule has 0 aromatic carbocycles. The molecular formula is C5H10FNO. The SMILES string of the molecule is CCN(F)CC(C)=O. The fourth-order valence-corrected chi connectivity index (χ4v) is 0.353. The molecule has 0 rings (SSSR count). The Labute approximate surface area is 48.2 Å². The summed E-state index contributed by atoms with van der Waals surface area (Å²) in [6.45, 7) is 3.21. The molecule has 0 fully saturated rings. The van der Waals surface area contributed by atoms with Crippen LogP contribution in [-0.2, 0) is 4.79 Å². The molecule has 0 amide bonds. The smallest absolute Gasteiger partial charge is 0.146 e. The predicted octanol–water partition coefficient (Wildman–Crippen LogP) is 0.782. The summed E-state index contributed by atoms with van der Waals surface area (Å²) in [6.07, 6.45) is 0. The van der Waals surface area contributed by atoms with Crippen molar-refractivity contribution in [1.82, 2.24) is 5.12 Å². The highest BCUT2D eigenvalue weighted by atomic mass is 19.2. The van der Waals surface area contributed by atoms with E-state index in [1.165, 1.54) is 6.92 Å². The van der Waals surface area contributed by atoms with E-state index in [0.29, 0.717) is 5.12 Å². The van der Waals surface area contributed by atoms with Crippen LogP contribution >= 0.6 is 0 Å². The number of halogens is 1. The zero-order valence-electron chi connectivity index (χ0n) is 5.15. The first kappa shape index (κ1) is 7.56. The van der Waals surface area contributed by atoms with Gasteiger partial charge in [-0.05, 0) is 13.8 Å². The van der Waals surface area contributed by atoms with Gasteiger partial charge in [-0.15, -0.1) is 9.60 Å². The van der Waals surface area contributed by atoms with E-state index in [4.69, 9.17) is 0 Å². The third-order valence-corrected chi connectivity index (χ3v) is 0.737. The molecule has 48 valence electrons. The standard InChI is InChI=1S/C5H10FNO/c1-3-7(6)4-5(2)8/h3-4H2,1-2H3. The van der Waals surface area contributed by atoms with E-state index in [1.807, 2.05) is 0 Å². The highest BCUT2D eigenvalue weighted by molar-refractivity contribution is 5.77. The number of rotatable bonds is 3. The number of Topliss-reactive ketones (excluding diaryl/α,β-unsaturated/α-hetero) is 1. The van der Waals surface area contributed by atoms with Gasteiger partial charge in [0.15, 0.2) is 0 Å². The number of nitrogens with zero attached hydrogens (tertiary/aromatic N) is 1. The molecule has 0 unspecified atom stereocenters. The Morgan fingerprint density at radius 2 is 2.25 bits per heavy atom. The van der Waals surface area contributed by atoms with Crippen LogP contribution in [0.4, 0.5) is 4.48 Å². The van der Waals surface area contributed by atoms with Gasteiger partial charge in [0.2, 0.25) is 0 Å². The molecule has 0 heterocycles. The number of carbonyl (C=O) groups excluding carboxylic acids is 1. The average Bonchev–Trinajstić information content (AvgIpc) is 1.65. The zero-order chi connectivity index (χ0) is 6.57. The molecule has 0 saturated heterocycles. The molecule has 0 aliphatic heterocycles. The molecular weight excluding hydrogens is 109 g/mol. The molecule has 0 spiro atoms. The van der Waals surface area contributed by atoms with Gasteiger partial charge in [-0.3, -0.25) is 4.79 Å². The van der Waals surface area contributed by atoms with Gasteiger partial charge in [0, 0.05) is 6.54 Å². The third-order valence-electron chi connectivity index (χ3n) is 0.737. The monoisotopic (exact) mass is 119 g/mol. The van der Waals surface area contributed by atoms with Crippen molar-refractivity contribution in [3.8, 4) is 0 Å². The van der Waals surface area contributed by atoms with E-state index >= 15 is 0 Å². The lowest BCUT2D eigenvalue weighted by molar-refractivity contribution is -0.122. The second kappa shape index (κ2) is 3.55. The molecule has 0 radical (unpaired) electrons. The molecule has 0 N–H and O–H groups in total. The minimum atomic E-state index is -0.144. The van der Waals surface area contributed by atoms with Crippen molar-refractivity contribution in [1.29, 1.82) is 0 Å². The van der Waals surface area contributed by atoms with Crippen molar-refractivity contribution in [2.45, 2.75) is 13.8 Å². The summed E-state index contributed by atoms with van der Waals surface area (Å²) in [4.78, 5) is 10.1. The van der Waals surface area contributed by atoms with Crippen molar-refractivity contribution in [2.24, 2.45) is 0 Å². The Kier molecular flexibility index (Phi) is 3.35. The van der Waals surface area contributed by atoms with Crippen LogP contribution in [0.2, 0.25) is 0 Å². The quantitative estimate of drug-likeness (QED) is 0.512. The zero-order valence-corrected chi connectivity index (χ0v) is 5.15. The van der Waals surface area contributed by atoms with Crippen LogP contribution in [0.1, 0.15) is 13.8 Å². The first-order valence-corrected chi connectivity index (χ1v) is 2.57. The lowest BCUT2D eigenvalue weighted by atomic mass is 10.4. The molecule has 0 bridgehead atoms. The van der Waals surface area contributed by atoms with E-state index < -0.39 is 0 Å². The molecule has 2 nitrogen and oxygen atoms in total. The van der Waals surface area contributed by atoms with Gasteiger partial charge < -0.3 is 0 Å². The maximum atomic E-state index is 12.0. The van der Waals surface area contributed by atoms with Gasteiger partial charge in [0.25, 0.3) is 0 Å². The summed E-state index contributed by atoms with van der Waals surface area (Å²) in [6, 6.07) is 0. The van der Waals surface area contributed by atoms with Crippen molar-refractivity contribution >= 4 is 5.78 Å². The molecule has 0 aromatic rings. The molecule has 0 aromatic heterocycles. The summed E-state index contributed by atoms with van der Waals surface area (Å²) >= 11 is 0. The molecule has 0 atom stereocenters. The summed E-state index contributed by atoms with van der Waals surface area (Å²) in [5.74, 6) is -0.144. The van der Waals surface area contributed by atoms with Crippen LogP contribution in [0.25, 0.3) is 0 Å². The maximum absolute atomic E-state index is 12.0. The van der Waals surface area contributed by atoms with E-state index in [2.05, 4.69) is 0 Å². The number of likely N-dealkylation sites (N-methyl/N-ethyl adjacent to an activating group) is 1. The van der Waals surface area contributed by atoms with Crippen LogP contribution < -0.4 is 0 Å². The van der Waals surface area contributed by atoms with E-state index in [9.17, 15) is 9.28 Å². The third kappa shape index (κ3) is 3.74. The Balaban J connectivity index is 3.24. The molecule has 0 saturated carbocycles. The molecule has 0 aliphatic carbocycles. The van der Waals surface area contributed by atoms with Crippen LogP contribution in [0, 0.1) is 0 Å². The maximum Gasteiger partial charge on any atom is 0.146 e. The minimum Gasteiger partial charge on any atom is -0.298 e. The van der Waals surface area contributed by atoms with Crippen LogP contribution in [0.5, 0.6) is 0 Å². The van der Waals surface area contributed by atoms with Gasteiger partial charge >= 0.3 is 0 Å². The second-order valence-electron chi connectivity index (χ2n) is 1.64. The Morgan fingerprint density at radius 1 is 1.75 bits per heavy atom. The van der Waals surface area contributed by atoms with E-state index in [0.717, 1.165) is 0 Å². The molecule has 8 heavy (non-hydrogen) atoms. The fourth-order valence-electron chi connectivity index (χ4n) is 0.353. The Hall–Kier alpha value is -0.440. The predicted molar refractivity (Wildman–Crippen MR) is 29.0 cm³/mol. The van der Waals surface area contributed by atoms with Crippen molar-refractivity contribution in [2.75, 3.05) is 13.1 Å². The highest BCUT2D eigenvalue weighted by Gasteiger charge is 2.00. The fraction of sp³-hybridized carbons (Fsp3) is 0.800. The van der Waals surface area contributed by atoms with Crippen LogP contribution in [0.15, 0.2) is 0 Å². The van der Waals surface area contributed by atoms with Crippen molar-refractivity contribution < 1.29 is 9.28 Å². The van der Waals surface area contributed by atoms with Crippen molar-refractivity contribution in [3.63, 3.8) is 0 Å². The van der Waals surface area contributed by atoms with Gasteiger partial charge in [-0.2, -0.15) is 0 Å². The van der Waals surface area contributed by atoms with Crippen LogP contribution in [-0.4, -0.2) is 24.0 Å². The summed E-state index contributed by atoms with van der Waals surface area (Å²) in [5, 5.41) is 0.475. The van der Waals surface area contributed by atoms with E-state index in [-0.39, 0.29) is 18.9 Å². The lowest BCUT2D eigenvalue weighted by Gasteiger charge is -2.03. The Bertz CT molecular complexity index is 84.5. The first-order valence-electron chi connectivity index (χ1n) is 2.57. The van der Waals surface area contributed by atoms with E-state index in [1.54, 1.807) is 6.92 Å². The van der Waals surface area contributed by atoms with Gasteiger partial charge in [-0.25, -0.2) is 0 Å². The first-order chi connectivity index (χ1) is 3.66. The molecule has 0 aliphatic rings. The number of carbonyl (C=O) groups is 1. The number of hydrogen-bond donors (Lipinski definition) is 0. The number of ketones is 1. The summed E-state index contributed by atoms with van der Waals surface area (Å²) in [7, 11) is 0. The topological polar surface area (TPSA) is 20.3 Å². The lowest BCUT2D eigenvalue weighted by Crippen LogP contribution is -2.19. The highest BCUT2D eigenvalue weighted by Crippen LogP contribution is 1.85. The number of hydrogen-bond acceptors (Lipinski definition) is 2. The minimum absolute atomic E-state index is 0.0868. The normalized spacial score (nSPS) is 10.0. The largest absolute Gasteiger partial charge is 0.298 e. The molecule has 3 heteroatoms. The Morgan fingerprint density at radius 3 is 2.38 bits per heavy atom. The average molecular weight is 119 g/mol. The summed E-state index contributed by atoms with van der Waals surface area (Å²) < 4.78 is 12.0. The van der Waals surface area contributed by atoms with Crippen molar-refractivity contribution in [3.05, 3.63) is 0 Å². The second-order valence-corrected chi connectivity index (χ2v) is 1.64. The summed E-state index contributed by atoms with van der Waals surface area (Å²) in [5.41, 5.74) is 0.